The molecular formula is C24H22N4O2S. The molecule has 156 valence electrons. The zero-order chi connectivity index (χ0) is 21.5. The van der Waals surface area contributed by atoms with Gasteiger partial charge in [0.25, 0.3) is 0 Å². The maximum absolute atomic E-state index is 12.3. The number of hydrogen-bond donors (Lipinski definition) is 1. The maximum Gasteiger partial charge on any atom is 0.230 e. The summed E-state index contributed by atoms with van der Waals surface area (Å²) in [5.41, 5.74) is 2.90. The second-order valence-corrected chi connectivity index (χ2v) is 7.69. The van der Waals surface area contributed by atoms with Crippen LogP contribution in [-0.4, -0.2) is 33.5 Å². The molecule has 0 unspecified atom stereocenters. The molecule has 31 heavy (non-hydrogen) atoms. The van der Waals surface area contributed by atoms with Crippen LogP contribution in [0.5, 0.6) is 5.75 Å². The normalized spacial score (nSPS) is 10.6. The highest BCUT2D eigenvalue weighted by molar-refractivity contribution is 7.99. The first-order valence-electron chi connectivity index (χ1n) is 9.83. The van der Waals surface area contributed by atoms with Crippen LogP contribution in [0.15, 0.2) is 90.1 Å². The number of carbonyl (C=O) groups excluding carboxylic acids is 1. The topological polar surface area (TPSA) is 69.0 Å². The minimum Gasteiger partial charge on any atom is -0.497 e. The minimum absolute atomic E-state index is 0.0712. The van der Waals surface area contributed by atoms with Crippen molar-refractivity contribution in [3.63, 3.8) is 0 Å². The summed E-state index contributed by atoms with van der Waals surface area (Å²) in [5, 5.41) is 8.13. The number of hydrogen-bond acceptors (Lipinski definition) is 5. The van der Waals surface area contributed by atoms with Crippen LogP contribution in [0.1, 0.15) is 5.56 Å². The molecule has 4 aromatic rings. The number of aromatic nitrogens is 3. The fourth-order valence-corrected chi connectivity index (χ4v) is 3.66. The summed E-state index contributed by atoms with van der Waals surface area (Å²) < 4.78 is 6.96. The molecule has 4 rings (SSSR count). The minimum atomic E-state index is -0.0712. The summed E-state index contributed by atoms with van der Waals surface area (Å²) >= 11 is 1.32. The molecule has 0 fully saturated rings. The average Bonchev–Trinajstić information content (AvgIpc) is 3.27. The Bertz CT molecular complexity index is 1070. The number of nitrogens with one attached hydrogen (secondary N) is 1. The lowest BCUT2D eigenvalue weighted by molar-refractivity contribution is -0.118. The van der Waals surface area contributed by atoms with Gasteiger partial charge in [0.1, 0.15) is 5.75 Å². The zero-order valence-electron chi connectivity index (χ0n) is 17.1. The zero-order valence-corrected chi connectivity index (χ0v) is 17.9. The standard InChI is InChI=1S/C24H22N4O2S/c1-30-21-14-12-18(13-15-21)16-25-22(29)17-31-24-26-23(19-8-4-2-5-9-19)28(27-24)20-10-6-3-7-11-20/h2-15H,16-17H2,1H3,(H,25,29). The van der Waals surface area contributed by atoms with Gasteiger partial charge in [0.2, 0.25) is 11.1 Å². The third-order valence-electron chi connectivity index (χ3n) is 4.60. The lowest BCUT2D eigenvalue weighted by atomic mass is 10.2. The summed E-state index contributed by atoms with van der Waals surface area (Å²) in [7, 11) is 1.63. The first kappa shape index (κ1) is 20.7. The molecule has 0 aliphatic heterocycles. The third kappa shape index (κ3) is 5.32. The molecule has 0 spiro atoms. The van der Waals surface area contributed by atoms with Gasteiger partial charge in [-0.05, 0) is 29.8 Å². The van der Waals surface area contributed by atoms with E-state index in [0.717, 1.165) is 28.4 Å². The van der Waals surface area contributed by atoms with Gasteiger partial charge in [-0.1, -0.05) is 72.4 Å². The average molecular weight is 431 g/mol. The van der Waals surface area contributed by atoms with Crippen LogP contribution in [0.2, 0.25) is 0 Å². The van der Waals surface area contributed by atoms with Crippen molar-refractivity contribution in [3.05, 3.63) is 90.5 Å². The van der Waals surface area contributed by atoms with Gasteiger partial charge in [0.15, 0.2) is 5.82 Å². The molecule has 1 heterocycles. The lowest BCUT2D eigenvalue weighted by Gasteiger charge is -2.05. The highest BCUT2D eigenvalue weighted by atomic mass is 32.2. The number of amides is 1. The Balaban J connectivity index is 1.43. The predicted molar refractivity (Wildman–Crippen MR) is 122 cm³/mol. The van der Waals surface area contributed by atoms with Crippen LogP contribution in [-0.2, 0) is 11.3 Å². The van der Waals surface area contributed by atoms with E-state index < -0.39 is 0 Å². The van der Waals surface area contributed by atoms with Gasteiger partial charge < -0.3 is 10.1 Å². The van der Waals surface area contributed by atoms with E-state index in [0.29, 0.717) is 11.7 Å². The molecule has 0 saturated carbocycles. The quantitative estimate of drug-likeness (QED) is 0.421. The summed E-state index contributed by atoms with van der Waals surface area (Å²) in [6, 6.07) is 27.4. The van der Waals surface area contributed by atoms with Gasteiger partial charge >= 0.3 is 0 Å². The molecule has 1 N–H and O–H groups in total. The van der Waals surface area contributed by atoms with Crippen molar-refractivity contribution in [1.82, 2.24) is 20.1 Å². The van der Waals surface area contributed by atoms with Gasteiger partial charge in [-0.15, -0.1) is 5.10 Å². The molecule has 0 radical (unpaired) electrons. The van der Waals surface area contributed by atoms with Crippen molar-refractivity contribution < 1.29 is 9.53 Å². The molecule has 0 aliphatic carbocycles. The fraction of sp³-hybridized carbons (Fsp3) is 0.125. The number of thioether (sulfide) groups is 1. The van der Waals surface area contributed by atoms with Gasteiger partial charge in [-0.3, -0.25) is 4.79 Å². The number of para-hydroxylation sites is 1. The Labute approximate surface area is 185 Å². The summed E-state index contributed by atoms with van der Waals surface area (Å²) in [4.78, 5) is 17.0. The Hall–Kier alpha value is -3.58. The van der Waals surface area contributed by atoms with Gasteiger partial charge in [0.05, 0.1) is 18.6 Å². The molecule has 1 amide bonds. The van der Waals surface area contributed by atoms with E-state index >= 15 is 0 Å². The predicted octanol–water partition coefficient (Wildman–Crippen LogP) is 4.35. The highest BCUT2D eigenvalue weighted by Crippen LogP contribution is 2.24. The van der Waals surface area contributed by atoms with Crippen molar-refractivity contribution in [2.24, 2.45) is 0 Å². The van der Waals surface area contributed by atoms with Gasteiger partial charge in [-0.2, -0.15) is 0 Å². The molecule has 7 heteroatoms. The molecule has 0 aliphatic rings. The molecule has 0 atom stereocenters. The van der Waals surface area contributed by atoms with Crippen molar-refractivity contribution in [3.8, 4) is 22.8 Å². The number of carbonyl (C=O) groups is 1. The van der Waals surface area contributed by atoms with E-state index in [-0.39, 0.29) is 11.7 Å². The number of rotatable bonds is 8. The first-order chi connectivity index (χ1) is 15.2. The van der Waals surface area contributed by atoms with Crippen LogP contribution < -0.4 is 10.1 Å². The Kier molecular flexibility index (Phi) is 6.64. The largest absolute Gasteiger partial charge is 0.497 e. The SMILES string of the molecule is COc1ccc(CNC(=O)CSc2nc(-c3ccccc3)n(-c3ccccc3)n2)cc1. The molecule has 3 aromatic carbocycles. The van der Waals surface area contributed by atoms with E-state index in [1.165, 1.54) is 11.8 Å². The van der Waals surface area contributed by atoms with Gasteiger partial charge in [-0.25, -0.2) is 9.67 Å². The molecule has 6 nitrogen and oxygen atoms in total. The summed E-state index contributed by atoms with van der Waals surface area (Å²) in [6.45, 7) is 0.463. The van der Waals surface area contributed by atoms with Crippen LogP contribution >= 0.6 is 11.8 Å². The Morgan fingerprint density at radius 3 is 2.32 bits per heavy atom. The van der Waals surface area contributed by atoms with E-state index in [2.05, 4.69) is 15.4 Å². The van der Waals surface area contributed by atoms with Gasteiger partial charge in [0, 0.05) is 12.1 Å². The fourth-order valence-electron chi connectivity index (χ4n) is 3.00. The highest BCUT2D eigenvalue weighted by Gasteiger charge is 2.15. The monoisotopic (exact) mass is 430 g/mol. The number of benzene rings is 3. The van der Waals surface area contributed by atoms with E-state index in [9.17, 15) is 4.79 Å². The van der Waals surface area contributed by atoms with E-state index in [4.69, 9.17) is 4.74 Å². The second-order valence-electron chi connectivity index (χ2n) is 6.74. The van der Waals surface area contributed by atoms with Crippen LogP contribution in [0.3, 0.4) is 0 Å². The third-order valence-corrected chi connectivity index (χ3v) is 5.44. The van der Waals surface area contributed by atoms with Crippen LogP contribution in [0.4, 0.5) is 0 Å². The number of methoxy groups -OCH3 is 1. The van der Waals surface area contributed by atoms with Crippen LogP contribution in [0, 0.1) is 0 Å². The maximum atomic E-state index is 12.3. The van der Waals surface area contributed by atoms with Crippen molar-refractivity contribution in [2.75, 3.05) is 12.9 Å². The molecule has 0 bridgehead atoms. The van der Waals surface area contributed by atoms with E-state index in [1.54, 1.807) is 7.11 Å². The first-order valence-corrected chi connectivity index (χ1v) is 10.8. The number of nitrogens with zero attached hydrogens (tertiary/aromatic N) is 3. The van der Waals surface area contributed by atoms with Crippen molar-refractivity contribution in [2.45, 2.75) is 11.7 Å². The summed E-state index contributed by atoms with van der Waals surface area (Å²) in [6.07, 6.45) is 0. The van der Waals surface area contributed by atoms with Crippen molar-refractivity contribution >= 4 is 17.7 Å². The van der Waals surface area contributed by atoms with Crippen LogP contribution in [0.25, 0.3) is 17.1 Å². The molecule has 1 aromatic heterocycles. The summed E-state index contributed by atoms with van der Waals surface area (Å²) in [5.74, 6) is 1.70. The lowest BCUT2D eigenvalue weighted by Crippen LogP contribution is -2.24. The smallest absolute Gasteiger partial charge is 0.230 e. The Morgan fingerprint density at radius 1 is 0.968 bits per heavy atom. The Morgan fingerprint density at radius 2 is 1.65 bits per heavy atom. The van der Waals surface area contributed by atoms with Crippen molar-refractivity contribution in [1.29, 1.82) is 0 Å². The number of ether oxygens (including phenoxy) is 1. The van der Waals surface area contributed by atoms with E-state index in [1.807, 2.05) is 89.6 Å². The molecule has 0 saturated heterocycles. The second kappa shape index (κ2) is 9.95. The molecular weight excluding hydrogens is 408 g/mol.